The number of phenolic OH excluding ortho intramolecular Hbond substituents is 1. The van der Waals surface area contributed by atoms with Gasteiger partial charge in [0.05, 0.1) is 6.04 Å². The molecule has 7 nitrogen and oxygen atoms in total. The summed E-state index contributed by atoms with van der Waals surface area (Å²) in [6.07, 6.45) is 2.21. The highest BCUT2D eigenvalue weighted by Gasteiger charge is 2.41. The normalized spacial score (nSPS) is 15.1. The van der Waals surface area contributed by atoms with Crippen LogP contribution >= 0.6 is 0 Å². The number of phenols is 1. The van der Waals surface area contributed by atoms with Crippen LogP contribution in [0.2, 0.25) is 0 Å². The van der Waals surface area contributed by atoms with Crippen molar-refractivity contribution in [3.8, 4) is 5.75 Å². The van der Waals surface area contributed by atoms with Gasteiger partial charge >= 0.3 is 0 Å². The third-order valence-corrected chi connectivity index (χ3v) is 5.95. The summed E-state index contributed by atoms with van der Waals surface area (Å²) >= 11 is 0. The topological polar surface area (TPSA) is 107 Å². The Balaban J connectivity index is 1.31. The van der Waals surface area contributed by atoms with Crippen LogP contribution in [-0.4, -0.2) is 27.1 Å². The Morgan fingerprint density at radius 1 is 1.16 bits per heavy atom. The first-order valence-electron chi connectivity index (χ1n) is 10.5. The average Bonchev–Trinajstić information content (AvgIpc) is 3.33. The maximum absolute atomic E-state index is 13.2. The molecule has 32 heavy (non-hydrogen) atoms. The van der Waals surface area contributed by atoms with E-state index in [1.54, 1.807) is 0 Å². The minimum absolute atomic E-state index is 0.130. The van der Waals surface area contributed by atoms with Gasteiger partial charge in [-0.15, -0.1) is 0 Å². The number of benzene rings is 2. The first-order chi connectivity index (χ1) is 15.2. The average molecular weight is 436 g/mol. The van der Waals surface area contributed by atoms with Gasteiger partial charge in [-0.2, -0.15) is 5.10 Å². The molecule has 1 heterocycles. The zero-order valence-corrected chi connectivity index (χ0v) is 17.9. The minimum atomic E-state index is -0.776. The van der Waals surface area contributed by atoms with Crippen molar-refractivity contribution in [2.45, 2.75) is 44.7 Å². The lowest BCUT2D eigenvalue weighted by Crippen LogP contribution is -2.26. The van der Waals surface area contributed by atoms with Crippen LogP contribution in [0.15, 0.2) is 48.5 Å². The molecule has 0 saturated heterocycles. The largest absolute Gasteiger partial charge is 0.505 e. The van der Waals surface area contributed by atoms with Gasteiger partial charge in [0.1, 0.15) is 5.69 Å². The van der Waals surface area contributed by atoms with E-state index in [2.05, 4.69) is 27.8 Å². The molecule has 2 aromatic carbocycles. The molecule has 0 radical (unpaired) electrons. The van der Waals surface area contributed by atoms with Crippen LogP contribution in [0, 0.1) is 5.82 Å². The summed E-state index contributed by atoms with van der Waals surface area (Å²) in [4.78, 5) is 24.7. The van der Waals surface area contributed by atoms with Crippen LogP contribution in [0.4, 0.5) is 4.39 Å². The van der Waals surface area contributed by atoms with E-state index in [4.69, 9.17) is 0 Å². The fourth-order valence-corrected chi connectivity index (χ4v) is 3.42. The van der Waals surface area contributed by atoms with Gasteiger partial charge in [-0.05, 0) is 55.2 Å². The molecule has 1 fully saturated rings. The van der Waals surface area contributed by atoms with Crippen LogP contribution in [0.1, 0.15) is 70.4 Å². The maximum Gasteiger partial charge on any atom is 0.272 e. The van der Waals surface area contributed by atoms with E-state index >= 15 is 0 Å². The molecule has 1 aliphatic rings. The number of aromatic amines is 1. The number of halogens is 1. The molecule has 166 valence electrons. The van der Waals surface area contributed by atoms with Crippen molar-refractivity contribution in [3.05, 3.63) is 82.4 Å². The number of nitrogens with zero attached hydrogens (tertiary/aromatic N) is 1. The molecule has 2 amide bonds. The minimum Gasteiger partial charge on any atom is -0.505 e. The van der Waals surface area contributed by atoms with Gasteiger partial charge in [0.15, 0.2) is 11.6 Å². The standard InChI is InChI=1S/C24H25FN4O3/c1-14(27-22(31)17-7-8-18(25)20(30)11-17)16-5-3-15(4-6-16)13-26-23(32)19-12-21(29-28-19)24(2)9-10-24/h3-8,11-12,14,30H,9-10,13H2,1-2H3,(H,26,32)(H,27,31)(H,28,29). The van der Waals surface area contributed by atoms with Gasteiger partial charge < -0.3 is 15.7 Å². The first kappa shape index (κ1) is 21.5. The van der Waals surface area contributed by atoms with Crippen LogP contribution in [-0.2, 0) is 12.0 Å². The smallest absolute Gasteiger partial charge is 0.272 e. The van der Waals surface area contributed by atoms with Gasteiger partial charge in [0, 0.05) is 23.2 Å². The lowest BCUT2D eigenvalue weighted by Gasteiger charge is -2.15. The Hall–Kier alpha value is -3.68. The number of nitrogens with one attached hydrogen (secondary N) is 3. The molecule has 1 atom stereocenters. The highest BCUT2D eigenvalue weighted by atomic mass is 19.1. The Labute approximate surface area is 185 Å². The van der Waals surface area contributed by atoms with Gasteiger partial charge in [-0.25, -0.2) is 4.39 Å². The molecular formula is C24H25FN4O3. The molecule has 1 aromatic heterocycles. The van der Waals surface area contributed by atoms with Crippen LogP contribution in [0.3, 0.4) is 0 Å². The lowest BCUT2D eigenvalue weighted by molar-refractivity contribution is 0.0933. The number of hydrogen-bond donors (Lipinski definition) is 4. The summed E-state index contributed by atoms with van der Waals surface area (Å²) in [6, 6.07) is 12.5. The Kier molecular flexibility index (Phi) is 5.69. The predicted octanol–water partition coefficient (Wildman–Crippen LogP) is 3.73. The van der Waals surface area contributed by atoms with E-state index in [1.807, 2.05) is 37.3 Å². The number of carbonyl (C=O) groups is 2. The highest BCUT2D eigenvalue weighted by molar-refractivity contribution is 5.94. The van der Waals surface area contributed by atoms with Crippen molar-refractivity contribution in [2.75, 3.05) is 0 Å². The second-order valence-corrected chi connectivity index (χ2v) is 8.51. The Morgan fingerprint density at radius 2 is 1.88 bits per heavy atom. The highest BCUT2D eigenvalue weighted by Crippen LogP contribution is 2.46. The van der Waals surface area contributed by atoms with Crippen molar-refractivity contribution in [1.29, 1.82) is 0 Å². The third-order valence-electron chi connectivity index (χ3n) is 5.95. The van der Waals surface area contributed by atoms with E-state index in [0.29, 0.717) is 12.2 Å². The second kappa shape index (κ2) is 8.45. The number of rotatable bonds is 7. The second-order valence-electron chi connectivity index (χ2n) is 8.51. The molecule has 1 aliphatic carbocycles. The summed E-state index contributed by atoms with van der Waals surface area (Å²) in [5.74, 6) is -1.99. The van der Waals surface area contributed by atoms with Crippen molar-refractivity contribution in [2.24, 2.45) is 0 Å². The van der Waals surface area contributed by atoms with Crippen molar-refractivity contribution >= 4 is 11.8 Å². The SMILES string of the molecule is CC(NC(=O)c1ccc(F)c(O)c1)c1ccc(CNC(=O)c2cc(C3(C)CC3)[nH]n2)cc1. The van der Waals surface area contributed by atoms with E-state index in [9.17, 15) is 19.1 Å². The van der Waals surface area contributed by atoms with Gasteiger partial charge in [-0.3, -0.25) is 14.7 Å². The summed E-state index contributed by atoms with van der Waals surface area (Å²) in [5.41, 5.74) is 3.47. The van der Waals surface area contributed by atoms with Crippen molar-refractivity contribution < 1.29 is 19.1 Å². The third kappa shape index (κ3) is 4.64. The molecule has 1 unspecified atom stereocenters. The number of aromatic nitrogens is 2. The van der Waals surface area contributed by atoms with Gasteiger partial charge in [0.2, 0.25) is 0 Å². The Morgan fingerprint density at radius 3 is 2.53 bits per heavy atom. The van der Waals surface area contributed by atoms with Gasteiger partial charge in [-0.1, -0.05) is 31.2 Å². The molecule has 3 aromatic rings. The van der Waals surface area contributed by atoms with Crippen LogP contribution in [0.5, 0.6) is 5.75 Å². The summed E-state index contributed by atoms with van der Waals surface area (Å²) < 4.78 is 13.2. The molecule has 4 rings (SSSR count). The van der Waals surface area contributed by atoms with Crippen LogP contribution in [0.25, 0.3) is 0 Å². The lowest BCUT2D eigenvalue weighted by atomic mass is 10.0. The first-order valence-corrected chi connectivity index (χ1v) is 10.5. The number of amides is 2. The number of aromatic hydroxyl groups is 1. The Bertz CT molecular complexity index is 1150. The quantitative estimate of drug-likeness (QED) is 0.453. The zero-order valence-electron chi connectivity index (χ0n) is 17.9. The van der Waals surface area contributed by atoms with Gasteiger partial charge in [0.25, 0.3) is 11.8 Å². The van der Waals surface area contributed by atoms with Crippen molar-refractivity contribution in [3.63, 3.8) is 0 Å². The van der Waals surface area contributed by atoms with Crippen LogP contribution < -0.4 is 10.6 Å². The maximum atomic E-state index is 13.2. The number of carbonyl (C=O) groups excluding carboxylic acids is 2. The number of hydrogen-bond acceptors (Lipinski definition) is 4. The molecule has 8 heteroatoms. The fourth-order valence-electron chi connectivity index (χ4n) is 3.42. The molecule has 1 saturated carbocycles. The summed E-state index contributed by atoms with van der Waals surface area (Å²) in [6.45, 7) is 4.33. The summed E-state index contributed by atoms with van der Waals surface area (Å²) in [5, 5.41) is 22.2. The van der Waals surface area contributed by atoms with E-state index in [1.165, 1.54) is 6.07 Å². The molecule has 0 aliphatic heterocycles. The zero-order chi connectivity index (χ0) is 22.9. The van der Waals surface area contributed by atoms with E-state index in [-0.39, 0.29) is 22.9 Å². The predicted molar refractivity (Wildman–Crippen MR) is 117 cm³/mol. The molecule has 0 spiro atoms. The molecular weight excluding hydrogens is 411 g/mol. The molecule has 4 N–H and O–H groups in total. The molecule has 0 bridgehead atoms. The van der Waals surface area contributed by atoms with Crippen molar-refractivity contribution in [1.82, 2.24) is 20.8 Å². The summed E-state index contributed by atoms with van der Waals surface area (Å²) in [7, 11) is 0. The number of H-pyrrole nitrogens is 1. The monoisotopic (exact) mass is 436 g/mol. The van der Waals surface area contributed by atoms with E-state index < -0.39 is 17.5 Å². The van der Waals surface area contributed by atoms with E-state index in [0.717, 1.165) is 41.8 Å². The fraction of sp³-hybridized carbons (Fsp3) is 0.292.